The summed E-state index contributed by atoms with van der Waals surface area (Å²) in [7, 11) is -3.31. The van der Waals surface area contributed by atoms with E-state index in [4.69, 9.17) is 0 Å². The average Bonchev–Trinajstić information content (AvgIpc) is 2.89. The predicted octanol–water partition coefficient (Wildman–Crippen LogP) is 2.90. The molecule has 2 N–H and O–H groups in total. The Balaban J connectivity index is 2.35. The molecule has 0 saturated heterocycles. The number of methoxy groups -OCH3 is 1. The maximum atomic E-state index is 12.6. The summed E-state index contributed by atoms with van der Waals surface area (Å²) < 4.78 is 73.2. The van der Waals surface area contributed by atoms with E-state index in [0.717, 1.165) is 32.2 Å². The number of hydrogen-bond acceptors (Lipinski definition) is 6. The molecular formula is C14H12F3NO6S. The van der Waals surface area contributed by atoms with E-state index in [-0.39, 0.29) is 11.3 Å². The van der Waals surface area contributed by atoms with E-state index in [1.165, 1.54) is 0 Å². The molecular weight excluding hydrogens is 367 g/mol. The Hall–Kier alpha value is -2.69. The number of aromatic hydroxyl groups is 1. The van der Waals surface area contributed by atoms with Crippen molar-refractivity contribution in [2.24, 2.45) is 0 Å². The Morgan fingerprint density at radius 2 is 1.92 bits per heavy atom. The van der Waals surface area contributed by atoms with Crippen molar-refractivity contribution in [1.29, 1.82) is 0 Å². The van der Waals surface area contributed by atoms with Crippen molar-refractivity contribution in [3.63, 3.8) is 0 Å². The minimum absolute atomic E-state index is 0.167. The zero-order valence-electron chi connectivity index (χ0n) is 12.8. The lowest BCUT2D eigenvalue weighted by Crippen LogP contribution is -2.13. The lowest BCUT2D eigenvalue weighted by atomic mass is 10.2. The number of nitrogens with one attached hydrogen (secondary N) is 1. The van der Waals surface area contributed by atoms with Gasteiger partial charge in [-0.25, -0.2) is 13.2 Å². The molecule has 1 aromatic heterocycles. The SMILES string of the molecule is COC(=O)c1ccc(NS(=O)(=O)c2cc(C(F)(F)F)oc2C)cc1O. The van der Waals surface area contributed by atoms with Crippen molar-refractivity contribution in [2.75, 3.05) is 11.8 Å². The highest BCUT2D eigenvalue weighted by atomic mass is 32.2. The normalized spacial score (nSPS) is 12.0. The number of alkyl halides is 3. The van der Waals surface area contributed by atoms with Gasteiger partial charge in [-0.1, -0.05) is 0 Å². The van der Waals surface area contributed by atoms with Crippen LogP contribution in [0.2, 0.25) is 0 Å². The van der Waals surface area contributed by atoms with Gasteiger partial charge in [-0.05, 0) is 19.1 Å². The topological polar surface area (TPSA) is 106 Å². The van der Waals surface area contributed by atoms with Crippen molar-refractivity contribution in [2.45, 2.75) is 18.0 Å². The van der Waals surface area contributed by atoms with Gasteiger partial charge in [-0.2, -0.15) is 13.2 Å². The molecule has 0 bridgehead atoms. The number of carbonyl (C=O) groups excluding carboxylic acids is 1. The minimum atomic E-state index is -4.83. The summed E-state index contributed by atoms with van der Waals surface area (Å²) in [5.74, 6) is -3.30. The second-order valence-corrected chi connectivity index (χ2v) is 6.51. The summed E-state index contributed by atoms with van der Waals surface area (Å²) in [4.78, 5) is 10.7. The van der Waals surface area contributed by atoms with Crippen molar-refractivity contribution in [3.05, 3.63) is 41.3 Å². The molecule has 2 rings (SSSR count). The summed E-state index contributed by atoms with van der Waals surface area (Å²) in [6, 6.07) is 3.52. The van der Waals surface area contributed by atoms with Gasteiger partial charge in [0.25, 0.3) is 10.0 Å². The van der Waals surface area contributed by atoms with Gasteiger partial charge in [0.05, 0.1) is 12.8 Å². The number of anilines is 1. The third-order valence-electron chi connectivity index (χ3n) is 3.10. The van der Waals surface area contributed by atoms with Crippen molar-refractivity contribution in [1.82, 2.24) is 0 Å². The molecule has 0 unspecified atom stereocenters. The van der Waals surface area contributed by atoms with Gasteiger partial charge in [0.2, 0.25) is 5.76 Å². The maximum Gasteiger partial charge on any atom is 0.449 e. The molecule has 0 radical (unpaired) electrons. The van der Waals surface area contributed by atoms with Gasteiger partial charge >= 0.3 is 12.1 Å². The van der Waals surface area contributed by atoms with E-state index in [2.05, 4.69) is 9.15 Å². The summed E-state index contributed by atoms with van der Waals surface area (Å²) in [6.07, 6.45) is -4.83. The van der Waals surface area contributed by atoms with E-state index in [1.807, 2.05) is 4.72 Å². The standard InChI is InChI=1S/C14H12F3NO6S/c1-7-11(6-12(24-7)14(15,16)17)25(21,22)18-8-3-4-9(10(19)5-8)13(20)23-2/h3-6,18-19H,1-2H3. The van der Waals surface area contributed by atoms with Gasteiger partial charge < -0.3 is 14.3 Å². The molecule has 0 atom stereocenters. The number of hydrogen-bond donors (Lipinski definition) is 2. The highest BCUT2D eigenvalue weighted by molar-refractivity contribution is 7.92. The third kappa shape index (κ3) is 3.87. The Morgan fingerprint density at radius 3 is 2.40 bits per heavy atom. The van der Waals surface area contributed by atoms with E-state index in [0.29, 0.717) is 6.07 Å². The van der Waals surface area contributed by atoms with E-state index in [9.17, 15) is 31.5 Å². The highest BCUT2D eigenvalue weighted by Gasteiger charge is 2.37. The Kier molecular flexibility index (Phi) is 4.71. The molecule has 0 spiro atoms. The molecule has 0 aliphatic heterocycles. The lowest BCUT2D eigenvalue weighted by molar-refractivity contribution is -0.153. The zero-order valence-corrected chi connectivity index (χ0v) is 13.7. The van der Waals surface area contributed by atoms with Gasteiger partial charge in [0, 0.05) is 12.1 Å². The number of benzene rings is 1. The summed E-state index contributed by atoms with van der Waals surface area (Å²) >= 11 is 0. The van der Waals surface area contributed by atoms with Crippen LogP contribution in [0.15, 0.2) is 33.6 Å². The van der Waals surface area contributed by atoms with Crippen LogP contribution < -0.4 is 4.72 Å². The van der Waals surface area contributed by atoms with Gasteiger partial charge in [-0.15, -0.1) is 0 Å². The fourth-order valence-corrected chi connectivity index (χ4v) is 3.19. The van der Waals surface area contributed by atoms with Crippen molar-refractivity contribution >= 4 is 21.7 Å². The van der Waals surface area contributed by atoms with E-state index >= 15 is 0 Å². The minimum Gasteiger partial charge on any atom is -0.507 e. The monoisotopic (exact) mass is 379 g/mol. The summed E-state index contributed by atoms with van der Waals surface area (Å²) in [5.41, 5.74) is -0.372. The number of esters is 1. The predicted molar refractivity (Wildman–Crippen MR) is 78.7 cm³/mol. The Bertz CT molecular complexity index is 917. The molecule has 0 fully saturated rings. The number of aryl methyl sites for hydroxylation is 1. The number of sulfonamides is 1. The molecule has 0 saturated carbocycles. The van der Waals surface area contributed by atoms with Crippen LogP contribution in [0.5, 0.6) is 5.75 Å². The van der Waals surface area contributed by atoms with Gasteiger partial charge in [0.15, 0.2) is 0 Å². The first-order valence-electron chi connectivity index (χ1n) is 6.57. The van der Waals surface area contributed by atoms with Crippen LogP contribution in [-0.4, -0.2) is 26.6 Å². The number of ether oxygens (including phenoxy) is 1. The highest BCUT2D eigenvalue weighted by Crippen LogP contribution is 2.34. The molecule has 136 valence electrons. The molecule has 1 heterocycles. The maximum absolute atomic E-state index is 12.6. The second kappa shape index (κ2) is 6.31. The first kappa shape index (κ1) is 18.6. The molecule has 7 nitrogen and oxygen atoms in total. The lowest BCUT2D eigenvalue weighted by Gasteiger charge is -2.09. The van der Waals surface area contributed by atoms with Crippen molar-refractivity contribution in [3.8, 4) is 5.75 Å². The number of carbonyl (C=O) groups is 1. The third-order valence-corrected chi connectivity index (χ3v) is 4.59. The number of phenolic OH excluding ortho intramolecular Hbond substituents is 1. The number of phenols is 1. The van der Waals surface area contributed by atoms with E-state index < -0.39 is 44.3 Å². The Labute approximate surface area is 140 Å². The number of rotatable bonds is 4. The molecule has 11 heteroatoms. The molecule has 0 aliphatic rings. The van der Waals surface area contributed by atoms with Crippen LogP contribution in [-0.2, 0) is 20.9 Å². The van der Waals surface area contributed by atoms with Crippen LogP contribution in [0.1, 0.15) is 21.9 Å². The quantitative estimate of drug-likeness (QED) is 0.792. The second-order valence-electron chi connectivity index (χ2n) is 4.86. The van der Waals surface area contributed by atoms with Crippen molar-refractivity contribution < 1.29 is 40.6 Å². The Morgan fingerprint density at radius 1 is 1.28 bits per heavy atom. The zero-order chi connectivity index (χ0) is 19.0. The summed E-state index contributed by atoms with van der Waals surface area (Å²) in [6.45, 7) is 1.07. The first-order valence-corrected chi connectivity index (χ1v) is 8.06. The van der Waals surface area contributed by atoms with Crippen LogP contribution in [0.4, 0.5) is 18.9 Å². The van der Waals surface area contributed by atoms with Crippen LogP contribution in [0, 0.1) is 6.92 Å². The molecule has 25 heavy (non-hydrogen) atoms. The van der Waals surface area contributed by atoms with Gasteiger partial charge in [0.1, 0.15) is 22.0 Å². The fraction of sp³-hybridized carbons (Fsp3) is 0.214. The molecule has 0 amide bonds. The van der Waals surface area contributed by atoms with Crippen LogP contribution >= 0.6 is 0 Å². The van der Waals surface area contributed by atoms with E-state index in [1.54, 1.807) is 0 Å². The number of halogens is 3. The molecule has 0 aliphatic carbocycles. The largest absolute Gasteiger partial charge is 0.507 e. The molecule has 1 aromatic carbocycles. The smallest absolute Gasteiger partial charge is 0.449 e. The first-order chi connectivity index (χ1) is 11.5. The van der Waals surface area contributed by atoms with Crippen LogP contribution in [0.3, 0.4) is 0 Å². The number of furan rings is 1. The van der Waals surface area contributed by atoms with Crippen LogP contribution in [0.25, 0.3) is 0 Å². The summed E-state index contributed by atoms with van der Waals surface area (Å²) in [5, 5.41) is 9.72. The fourth-order valence-electron chi connectivity index (χ4n) is 1.96. The average molecular weight is 379 g/mol. The van der Waals surface area contributed by atoms with Gasteiger partial charge in [-0.3, -0.25) is 4.72 Å². The molecule has 2 aromatic rings.